The van der Waals surface area contributed by atoms with Crippen molar-refractivity contribution < 1.29 is 14.3 Å². The standard InChI is InChI=1S/C15H23N3O3/c1-5-18(9-13-8-6-7-11(2)16-13)10-14(15(20)21-4)17-12(3)19/h6-8,14H,5,9-10H2,1-4H3,(H,17,19). The molecular weight excluding hydrogens is 270 g/mol. The number of hydrogen-bond donors (Lipinski definition) is 1. The van der Waals surface area contributed by atoms with Gasteiger partial charge in [0.2, 0.25) is 5.91 Å². The van der Waals surface area contributed by atoms with E-state index in [2.05, 4.69) is 10.3 Å². The Morgan fingerprint density at radius 2 is 2.14 bits per heavy atom. The maximum Gasteiger partial charge on any atom is 0.329 e. The molecule has 0 fully saturated rings. The van der Waals surface area contributed by atoms with E-state index >= 15 is 0 Å². The smallest absolute Gasteiger partial charge is 0.329 e. The second kappa shape index (κ2) is 8.36. The minimum absolute atomic E-state index is 0.255. The van der Waals surface area contributed by atoms with E-state index in [1.54, 1.807) is 0 Å². The highest BCUT2D eigenvalue weighted by atomic mass is 16.5. The Bertz CT molecular complexity index is 491. The molecule has 0 saturated heterocycles. The maximum atomic E-state index is 11.7. The summed E-state index contributed by atoms with van der Waals surface area (Å²) in [5.74, 6) is -0.698. The van der Waals surface area contributed by atoms with Gasteiger partial charge in [-0.2, -0.15) is 0 Å². The molecule has 1 aromatic heterocycles. The number of carbonyl (C=O) groups excluding carboxylic acids is 2. The van der Waals surface area contributed by atoms with Crippen molar-refractivity contribution in [3.63, 3.8) is 0 Å². The summed E-state index contributed by atoms with van der Waals surface area (Å²) in [6.45, 7) is 7.06. The van der Waals surface area contributed by atoms with E-state index in [-0.39, 0.29) is 5.91 Å². The van der Waals surface area contributed by atoms with Crippen LogP contribution in [-0.4, -0.2) is 48.0 Å². The van der Waals surface area contributed by atoms with Gasteiger partial charge in [0.05, 0.1) is 12.8 Å². The monoisotopic (exact) mass is 293 g/mol. The van der Waals surface area contributed by atoms with E-state index in [1.807, 2.05) is 36.9 Å². The average molecular weight is 293 g/mol. The summed E-state index contributed by atoms with van der Waals surface area (Å²) in [7, 11) is 1.32. The molecule has 116 valence electrons. The quantitative estimate of drug-likeness (QED) is 0.756. The van der Waals surface area contributed by atoms with Crippen molar-refractivity contribution in [2.24, 2.45) is 0 Å². The van der Waals surface area contributed by atoms with E-state index in [1.165, 1.54) is 14.0 Å². The summed E-state index contributed by atoms with van der Waals surface area (Å²) in [6.07, 6.45) is 0. The van der Waals surface area contributed by atoms with Gasteiger partial charge >= 0.3 is 5.97 Å². The first-order chi connectivity index (χ1) is 9.96. The largest absolute Gasteiger partial charge is 0.467 e. The lowest BCUT2D eigenvalue weighted by Gasteiger charge is -2.25. The van der Waals surface area contributed by atoms with Gasteiger partial charge in [-0.15, -0.1) is 0 Å². The summed E-state index contributed by atoms with van der Waals surface area (Å²) < 4.78 is 4.73. The number of methoxy groups -OCH3 is 1. The van der Waals surface area contributed by atoms with Crippen LogP contribution < -0.4 is 5.32 Å². The highest BCUT2D eigenvalue weighted by molar-refractivity contribution is 5.83. The molecule has 0 saturated carbocycles. The van der Waals surface area contributed by atoms with Crippen LogP contribution >= 0.6 is 0 Å². The van der Waals surface area contributed by atoms with Crippen molar-refractivity contribution in [3.05, 3.63) is 29.6 Å². The number of rotatable bonds is 7. The van der Waals surface area contributed by atoms with Gasteiger partial charge in [-0.05, 0) is 25.6 Å². The third-order valence-corrected chi connectivity index (χ3v) is 3.08. The molecule has 0 aliphatic rings. The van der Waals surface area contributed by atoms with Gasteiger partial charge in [0, 0.05) is 25.7 Å². The number of nitrogens with zero attached hydrogens (tertiary/aromatic N) is 2. The molecule has 0 spiro atoms. The van der Waals surface area contributed by atoms with Crippen molar-refractivity contribution in [1.29, 1.82) is 0 Å². The number of ether oxygens (including phenoxy) is 1. The molecule has 6 heteroatoms. The van der Waals surface area contributed by atoms with Gasteiger partial charge in [-0.25, -0.2) is 4.79 Å². The number of hydrogen-bond acceptors (Lipinski definition) is 5. The van der Waals surface area contributed by atoms with Crippen LogP contribution in [0.25, 0.3) is 0 Å². The number of aromatic nitrogens is 1. The molecule has 1 N–H and O–H groups in total. The van der Waals surface area contributed by atoms with Crippen LogP contribution in [0.4, 0.5) is 0 Å². The molecule has 6 nitrogen and oxygen atoms in total. The van der Waals surface area contributed by atoms with Gasteiger partial charge < -0.3 is 10.1 Å². The van der Waals surface area contributed by atoms with Gasteiger partial charge in [0.25, 0.3) is 0 Å². The molecular formula is C15H23N3O3. The molecule has 21 heavy (non-hydrogen) atoms. The van der Waals surface area contributed by atoms with E-state index in [0.717, 1.165) is 17.9 Å². The van der Waals surface area contributed by atoms with Crippen LogP contribution in [0.1, 0.15) is 25.2 Å². The first-order valence-electron chi connectivity index (χ1n) is 6.96. The molecule has 1 amide bonds. The number of nitrogens with one attached hydrogen (secondary N) is 1. The number of pyridine rings is 1. The summed E-state index contributed by atoms with van der Waals surface area (Å²) >= 11 is 0. The van der Waals surface area contributed by atoms with Crippen LogP contribution in [-0.2, 0) is 20.9 Å². The molecule has 0 bridgehead atoms. The molecule has 1 heterocycles. The maximum absolute atomic E-state index is 11.7. The lowest BCUT2D eigenvalue weighted by Crippen LogP contribution is -2.48. The molecule has 0 radical (unpaired) electrons. The van der Waals surface area contributed by atoms with Gasteiger partial charge in [0.15, 0.2) is 0 Å². The third kappa shape index (κ3) is 5.91. The van der Waals surface area contributed by atoms with E-state index in [4.69, 9.17) is 4.74 Å². The van der Waals surface area contributed by atoms with Crippen molar-refractivity contribution in [1.82, 2.24) is 15.2 Å². The second-order valence-corrected chi connectivity index (χ2v) is 4.87. The number of likely N-dealkylation sites (N-methyl/N-ethyl adjacent to an activating group) is 1. The molecule has 1 rings (SSSR count). The summed E-state index contributed by atoms with van der Waals surface area (Å²) in [4.78, 5) is 29.4. The zero-order valence-electron chi connectivity index (χ0n) is 13.0. The zero-order valence-corrected chi connectivity index (χ0v) is 13.0. The first kappa shape index (κ1) is 17.1. The van der Waals surface area contributed by atoms with Crippen LogP contribution in [0, 0.1) is 6.92 Å². The predicted molar refractivity (Wildman–Crippen MR) is 79.5 cm³/mol. The molecule has 0 aliphatic carbocycles. The fourth-order valence-electron chi connectivity index (χ4n) is 2.05. The second-order valence-electron chi connectivity index (χ2n) is 4.87. The third-order valence-electron chi connectivity index (χ3n) is 3.08. The molecule has 1 unspecified atom stereocenters. The predicted octanol–water partition coefficient (Wildman–Crippen LogP) is 0.890. The van der Waals surface area contributed by atoms with Crippen molar-refractivity contribution >= 4 is 11.9 Å². The lowest BCUT2D eigenvalue weighted by molar-refractivity contribution is -0.145. The van der Waals surface area contributed by atoms with E-state index < -0.39 is 12.0 Å². The number of aryl methyl sites for hydroxylation is 1. The van der Waals surface area contributed by atoms with Crippen molar-refractivity contribution in [3.8, 4) is 0 Å². The minimum atomic E-state index is -0.669. The van der Waals surface area contributed by atoms with Crippen molar-refractivity contribution in [2.45, 2.75) is 33.4 Å². The highest BCUT2D eigenvalue weighted by Crippen LogP contribution is 2.05. The summed E-state index contributed by atoms with van der Waals surface area (Å²) in [5.41, 5.74) is 1.89. The number of amides is 1. The van der Waals surface area contributed by atoms with Gasteiger partial charge in [-0.1, -0.05) is 13.0 Å². The minimum Gasteiger partial charge on any atom is -0.467 e. The number of esters is 1. The number of carbonyl (C=O) groups is 2. The normalized spacial score (nSPS) is 12.0. The first-order valence-corrected chi connectivity index (χ1v) is 6.96. The molecule has 0 aliphatic heterocycles. The Morgan fingerprint density at radius 3 is 2.67 bits per heavy atom. The van der Waals surface area contributed by atoms with Gasteiger partial charge in [-0.3, -0.25) is 14.7 Å². The fourth-order valence-corrected chi connectivity index (χ4v) is 2.05. The van der Waals surface area contributed by atoms with E-state index in [0.29, 0.717) is 13.1 Å². The average Bonchev–Trinajstić information content (AvgIpc) is 2.44. The Morgan fingerprint density at radius 1 is 1.43 bits per heavy atom. The van der Waals surface area contributed by atoms with Crippen LogP contribution in [0.2, 0.25) is 0 Å². The molecule has 0 aromatic carbocycles. The van der Waals surface area contributed by atoms with Crippen LogP contribution in [0.3, 0.4) is 0 Å². The zero-order chi connectivity index (χ0) is 15.8. The van der Waals surface area contributed by atoms with Crippen molar-refractivity contribution in [2.75, 3.05) is 20.2 Å². The summed E-state index contributed by atoms with van der Waals surface area (Å²) in [5, 5.41) is 2.62. The summed E-state index contributed by atoms with van der Waals surface area (Å²) in [6, 6.07) is 5.17. The Labute approximate surface area is 125 Å². The molecule has 1 atom stereocenters. The van der Waals surface area contributed by atoms with E-state index in [9.17, 15) is 9.59 Å². The fraction of sp³-hybridized carbons (Fsp3) is 0.533. The lowest BCUT2D eigenvalue weighted by atomic mass is 10.2. The van der Waals surface area contributed by atoms with Crippen LogP contribution in [0.15, 0.2) is 18.2 Å². The van der Waals surface area contributed by atoms with Gasteiger partial charge in [0.1, 0.15) is 6.04 Å². The Balaban J connectivity index is 2.73. The highest BCUT2D eigenvalue weighted by Gasteiger charge is 2.23. The van der Waals surface area contributed by atoms with Crippen LogP contribution in [0.5, 0.6) is 0 Å². The molecule has 1 aromatic rings. The Kier molecular flexibility index (Phi) is 6.81. The SMILES string of the molecule is CCN(Cc1cccc(C)n1)CC(NC(C)=O)C(=O)OC. The topological polar surface area (TPSA) is 71.5 Å². The Hall–Kier alpha value is -1.95.